The molecule has 1 amide bonds. The van der Waals surface area contributed by atoms with Crippen LogP contribution in [0.4, 0.5) is 9.18 Å². The van der Waals surface area contributed by atoms with E-state index in [-0.39, 0.29) is 25.7 Å². The topological polar surface area (TPSA) is 55.8 Å². The summed E-state index contributed by atoms with van der Waals surface area (Å²) in [5.74, 6) is -1.12. The average Bonchev–Trinajstić information content (AvgIpc) is 2.77. The molecule has 2 bridgehead atoms. The largest absolute Gasteiger partial charge is 0.459 e. The Bertz CT molecular complexity index is 844. The van der Waals surface area contributed by atoms with Crippen LogP contribution in [0, 0.1) is 5.92 Å². The highest BCUT2D eigenvalue weighted by Gasteiger charge is 2.53. The van der Waals surface area contributed by atoms with Crippen molar-refractivity contribution in [2.75, 3.05) is 0 Å². The third kappa shape index (κ3) is 4.26. The zero-order valence-electron chi connectivity index (χ0n) is 16.1. The van der Waals surface area contributed by atoms with Crippen molar-refractivity contribution in [3.8, 4) is 0 Å². The molecule has 0 radical (unpaired) electrons. The van der Waals surface area contributed by atoms with E-state index in [0.29, 0.717) is 12.8 Å². The van der Waals surface area contributed by atoms with Crippen LogP contribution in [0.25, 0.3) is 0 Å². The Labute approximate surface area is 169 Å². The van der Waals surface area contributed by atoms with Gasteiger partial charge in [0.1, 0.15) is 25.4 Å². The Morgan fingerprint density at radius 2 is 1.48 bits per heavy atom. The van der Waals surface area contributed by atoms with Crippen molar-refractivity contribution in [3.05, 3.63) is 71.8 Å². The van der Waals surface area contributed by atoms with E-state index in [1.807, 2.05) is 60.7 Å². The Morgan fingerprint density at radius 3 is 2.07 bits per heavy atom. The summed E-state index contributed by atoms with van der Waals surface area (Å²) in [7, 11) is 0. The lowest BCUT2D eigenvalue weighted by molar-refractivity contribution is -0.163. The number of piperidine rings is 2. The molecule has 2 aliphatic heterocycles. The Morgan fingerprint density at radius 1 is 0.897 bits per heavy atom. The molecule has 1 aliphatic carbocycles. The first-order valence-corrected chi connectivity index (χ1v) is 9.97. The second-order valence-corrected chi connectivity index (χ2v) is 7.63. The molecule has 1 saturated carbocycles. The van der Waals surface area contributed by atoms with Crippen molar-refractivity contribution in [1.29, 1.82) is 0 Å². The van der Waals surface area contributed by atoms with E-state index in [2.05, 4.69) is 0 Å². The highest BCUT2D eigenvalue weighted by atomic mass is 19.1. The van der Waals surface area contributed by atoms with Gasteiger partial charge in [-0.3, -0.25) is 4.90 Å². The molecule has 0 N–H and O–H groups in total. The lowest BCUT2D eigenvalue weighted by Gasteiger charge is -2.50. The summed E-state index contributed by atoms with van der Waals surface area (Å²) in [6.07, 6.45) is -0.209. The zero-order chi connectivity index (χ0) is 20.2. The summed E-state index contributed by atoms with van der Waals surface area (Å²) < 4.78 is 25.5. The van der Waals surface area contributed by atoms with Gasteiger partial charge in [-0.2, -0.15) is 0 Å². The van der Waals surface area contributed by atoms with Gasteiger partial charge in [-0.05, 0) is 30.4 Å². The van der Waals surface area contributed by atoms with E-state index in [0.717, 1.165) is 11.1 Å². The minimum Gasteiger partial charge on any atom is -0.459 e. The Kier molecular flexibility index (Phi) is 5.79. The van der Waals surface area contributed by atoms with E-state index in [9.17, 15) is 14.0 Å². The molecule has 0 aromatic heterocycles. The van der Waals surface area contributed by atoms with Crippen molar-refractivity contribution in [1.82, 2.24) is 4.90 Å². The van der Waals surface area contributed by atoms with Gasteiger partial charge in [0.2, 0.25) is 0 Å². The molecule has 6 heteroatoms. The number of carbonyl (C=O) groups excluding carboxylic acids is 2. The number of rotatable bonds is 5. The van der Waals surface area contributed by atoms with E-state index in [1.54, 1.807) is 0 Å². The van der Waals surface area contributed by atoms with Crippen LogP contribution < -0.4 is 0 Å². The smallest absolute Gasteiger partial charge is 0.411 e. The van der Waals surface area contributed by atoms with Gasteiger partial charge in [0, 0.05) is 12.0 Å². The molecule has 5 nitrogen and oxygen atoms in total. The van der Waals surface area contributed by atoms with E-state index in [1.165, 1.54) is 4.90 Å². The van der Waals surface area contributed by atoms with Crippen LogP contribution in [-0.4, -0.2) is 35.2 Å². The van der Waals surface area contributed by atoms with Gasteiger partial charge in [0.15, 0.2) is 0 Å². The Hall–Kier alpha value is -2.89. The van der Waals surface area contributed by atoms with E-state index in [4.69, 9.17) is 9.47 Å². The minimum absolute atomic E-state index is 0.0947. The third-order valence-electron chi connectivity index (χ3n) is 5.78. The number of fused-ring (bicyclic) bond motifs is 3. The van der Waals surface area contributed by atoms with Crippen LogP contribution in [0.5, 0.6) is 0 Å². The molecule has 2 aromatic rings. The van der Waals surface area contributed by atoms with Crippen LogP contribution in [-0.2, 0) is 27.5 Å². The molecule has 0 spiro atoms. The number of hydrogen-bond donors (Lipinski definition) is 0. The number of benzene rings is 2. The summed E-state index contributed by atoms with van der Waals surface area (Å²) in [6, 6.07) is 17.3. The molecule has 3 aliphatic rings. The second kappa shape index (κ2) is 8.64. The van der Waals surface area contributed by atoms with Gasteiger partial charge < -0.3 is 9.47 Å². The molecule has 152 valence electrons. The van der Waals surface area contributed by atoms with Crippen LogP contribution in [0.15, 0.2) is 60.7 Å². The summed E-state index contributed by atoms with van der Waals surface area (Å²) in [4.78, 5) is 27.1. The number of hydrogen-bond acceptors (Lipinski definition) is 4. The van der Waals surface area contributed by atoms with Crippen LogP contribution in [0.1, 0.15) is 30.4 Å². The third-order valence-corrected chi connectivity index (χ3v) is 5.78. The van der Waals surface area contributed by atoms with Gasteiger partial charge in [0.25, 0.3) is 0 Å². The van der Waals surface area contributed by atoms with Crippen molar-refractivity contribution in [2.45, 2.75) is 50.7 Å². The fourth-order valence-electron chi connectivity index (χ4n) is 4.32. The lowest BCUT2D eigenvalue weighted by atomic mass is 9.73. The van der Waals surface area contributed by atoms with E-state index >= 15 is 0 Å². The van der Waals surface area contributed by atoms with Gasteiger partial charge in [-0.1, -0.05) is 60.7 Å². The number of ether oxygens (including phenoxy) is 2. The number of esters is 1. The van der Waals surface area contributed by atoms with Gasteiger partial charge in [-0.25, -0.2) is 14.0 Å². The van der Waals surface area contributed by atoms with Gasteiger partial charge in [0.05, 0.1) is 0 Å². The van der Waals surface area contributed by atoms with E-state index < -0.39 is 30.2 Å². The fraction of sp³-hybridized carbons (Fsp3) is 0.391. The summed E-state index contributed by atoms with van der Waals surface area (Å²) >= 11 is 0. The predicted octanol–water partition coefficient (Wildman–Crippen LogP) is 4.26. The van der Waals surface area contributed by atoms with Gasteiger partial charge in [-0.15, -0.1) is 0 Å². The molecule has 2 saturated heterocycles. The number of amides is 1. The monoisotopic (exact) mass is 397 g/mol. The summed E-state index contributed by atoms with van der Waals surface area (Å²) in [5, 5.41) is 0. The first-order valence-electron chi connectivity index (χ1n) is 9.97. The number of nitrogens with zero attached hydrogens (tertiary/aromatic N) is 1. The van der Waals surface area contributed by atoms with Crippen molar-refractivity contribution >= 4 is 12.1 Å². The SMILES string of the molecule is O=C(OCc1ccccc1)[C@@H]1[C@@H]2CC[C@H](C[C@@H]2F)N1C(=O)OCc1ccccc1. The summed E-state index contributed by atoms with van der Waals surface area (Å²) in [6.45, 7) is 0.204. The molecule has 2 heterocycles. The molecule has 3 fully saturated rings. The maximum atomic E-state index is 14.6. The maximum absolute atomic E-state index is 14.6. The highest BCUT2D eigenvalue weighted by Crippen LogP contribution is 2.42. The second-order valence-electron chi connectivity index (χ2n) is 7.63. The molecule has 2 aromatic carbocycles. The van der Waals surface area contributed by atoms with Crippen LogP contribution >= 0.6 is 0 Å². The molecule has 29 heavy (non-hydrogen) atoms. The van der Waals surface area contributed by atoms with Crippen molar-refractivity contribution in [3.63, 3.8) is 0 Å². The Balaban J connectivity index is 1.46. The van der Waals surface area contributed by atoms with Crippen LogP contribution in [0.3, 0.4) is 0 Å². The average molecular weight is 397 g/mol. The molecule has 5 rings (SSSR count). The predicted molar refractivity (Wildman–Crippen MR) is 105 cm³/mol. The molecule has 4 atom stereocenters. The fourth-order valence-corrected chi connectivity index (χ4v) is 4.32. The van der Waals surface area contributed by atoms with Crippen LogP contribution in [0.2, 0.25) is 0 Å². The molecular formula is C23H24FNO4. The van der Waals surface area contributed by atoms with Gasteiger partial charge >= 0.3 is 12.1 Å². The number of carbonyl (C=O) groups is 2. The first-order chi connectivity index (χ1) is 14.1. The van der Waals surface area contributed by atoms with Crippen molar-refractivity contribution in [2.24, 2.45) is 5.92 Å². The standard InChI is InChI=1S/C23H24FNO4/c24-20-13-18-11-12-19(20)21(22(26)28-14-16-7-3-1-4-8-16)25(18)23(27)29-15-17-9-5-2-6-10-17/h1-10,18-21H,11-15H2/t18-,19-,20+,21+/m1/s1. The number of alkyl halides is 1. The normalized spacial score (nSPS) is 25.5. The molecule has 0 unspecified atom stereocenters. The maximum Gasteiger partial charge on any atom is 0.411 e. The summed E-state index contributed by atoms with van der Waals surface area (Å²) in [5.41, 5.74) is 1.70. The highest BCUT2D eigenvalue weighted by molar-refractivity contribution is 5.83. The minimum atomic E-state index is -1.11. The first kappa shape index (κ1) is 19.4. The van der Waals surface area contributed by atoms with Crippen molar-refractivity contribution < 1.29 is 23.5 Å². The lowest BCUT2D eigenvalue weighted by Crippen LogP contribution is -2.64. The zero-order valence-corrected chi connectivity index (χ0v) is 16.1. The molecular weight excluding hydrogens is 373 g/mol. The number of halogens is 1. The quantitative estimate of drug-likeness (QED) is 0.708.